The first-order valence-electron chi connectivity index (χ1n) is 11.7. The van der Waals surface area contributed by atoms with Gasteiger partial charge in [0.2, 0.25) is 5.91 Å². The molecule has 6 heteroatoms. The fourth-order valence-corrected chi connectivity index (χ4v) is 4.87. The number of rotatable bonds is 10. The van der Waals surface area contributed by atoms with Gasteiger partial charge in [0.05, 0.1) is 18.3 Å². The first-order valence-corrected chi connectivity index (χ1v) is 12.7. The molecule has 1 aromatic heterocycles. The smallest absolute Gasteiger partial charge is 0.230 e. The number of carbonyl (C=O) groups excluding carboxylic acids is 1. The number of carbonyl (C=O) groups is 1. The number of amides is 1. The molecule has 1 saturated carbocycles. The van der Waals surface area contributed by atoms with Gasteiger partial charge in [-0.3, -0.25) is 4.79 Å². The van der Waals surface area contributed by atoms with Crippen molar-refractivity contribution in [3.05, 3.63) is 114 Å². The minimum absolute atomic E-state index is 0.00276. The van der Waals surface area contributed by atoms with E-state index in [0.717, 1.165) is 42.4 Å². The number of thioether (sulfide) groups is 1. The predicted octanol–water partition coefficient (Wildman–Crippen LogP) is 5.40. The summed E-state index contributed by atoms with van der Waals surface area (Å²) in [6, 6.07) is 30.7. The Labute approximate surface area is 204 Å². The van der Waals surface area contributed by atoms with Crippen molar-refractivity contribution in [3.63, 3.8) is 0 Å². The lowest BCUT2D eigenvalue weighted by molar-refractivity contribution is -0.119. The number of hydrogen-bond acceptors (Lipinski definition) is 4. The Bertz CT molecular complexity index is 1210. The molecule has 172 valence electrons. The van der Waals surface area contributed by atoms with Gasteiger partial charge < -0.3 is 9.88 Å². The SMILES string of the molecule is O=C(CSc1nnc(C2CC2)n1Cc1ccccc1)NC(Cc1ccccc1)c1ccccc1. The van der Waals surface area contributed by atoms with E-state index in [4.69, 9.17) is 0 Å². The summed E-state index contributed by atoms with van der Waals surface area (Å²) in [6.45, 7) is 0.726. The van der Waals surface area contributed by atoms with Gasteiger partial charge in [-0.25, -0.2) is 0 Å². The molecule has 0 aliphatic heterocycles. The number of nitrogens with zero attached hydrogens (tertiary/aromatic N) is 3. The number of benzene rings is 3. The van der Waals surface area contributed by atoms with E-state index in [1.54, 1.807) is 0 Å². The molecule has 5 nitrogen and oxygen atoms in total. The van der Waals surface area contributed by atoms with E-state index in [1.165, 1.54) is 22.9 Å². The molecule has 0 saturated heterocycles. The third-order valence-electron chi connectivity index (χ3n) is 6.02. The summed E-state index contributed by atoms with van der Waals surface area (Å²) >= 11 is 1.46. The lowest BCUT2D eigenvalue weighted by Gasteiger charge is -2.19. The monoisotopic (exact) mass is 468 g/mol. The minimum atomic E-state index is -0.0825. The van der Waals surface area contributed by atoms with E-state index in [9.17, 15) is 4.79 Å². The Balaban J connectivity index is 1.27. The quantitative estimate of drug-likeness (QED) is 0.317. The topological polar surface area (TPSA) is 59.8 Å². The molecule has 1 aliphatic carbocycles. The average Bonchev–Trinajstić information content (AvgIpc) is 3.65. The Morgan fingerprint density at radius 1 is 0.882 bits per heavy atom. The van der Waals surface area contributed by atoms with Gasteiger partial charge in [0.25, 0.3) is 0 Å². The van der Waals surface area contributed by atoms with E-state index in [1.807, 2.05) is 54.6 Å². The zero-order valence-corrected chi connectivity index (χ0v) is 19.8. The first-order chi connectivity index (χ1) is 16.8. The van der Waals surface area contributed by atoms with Crippen molar-refractivity contribution in [1.82, 2.24) is 20.1 Å². The van der Waals surface area contributed by atoms with Crippen LogP contribution in [0.25, 0.3) is 0 Å². The summed E-state index contributed by atoms with van der Waals surface area (Å²) in [5, 5.41) is 13.0. The molecule has 1 aliphatic rings. The highest BCUT2D eigenvalue weighted by Gasteiger charge is 2.30. The predicted molar refractivity (Wildman–Crippen MR) is 136 cm³/mol. The molecule has 1 heterocycles. The maximum atomic E-state index is 13.0. The van der Waals surface area contributed by atoms with Crippen molar-refractivity contribution in [3.8, 4) is 0 Å². The van der Waals surface area contributed by atoms with E-state index >= 15 is 0 Å². The van der Waals surface area contributed by atoms with Crippen molar-refractivity contribution < 1.29 is 4.79 Å². The second-order valence-corrected chi connectivity index (χ2v) is 9.64. The fraction of sp³-hybridized carbons (Fsp3) is 0.250. The molecule has 1 N–H and O–H groups in total. The molecule has 0 radical (unpaired) electrons. The van der Waals surface area contributed by atoms with Crippen molar-refractivity contribution in [2.75, 3.05) is 5.75 Å². The molecular formula is C28H28N4OS. The summed E-state index contributed by atoms with van der Waals surface area (Å²) in [4.78, 5) is 13.0. The summed E-state index contributed by atoms with van der Waals surface area (Å²) < 4.78 is 2.18. The van der Waals surface area contributed by atoms with Gasteiger partial charge in [0.1, 0.15) is 5.82 Å². The summed E-state index contributed by atoms with van der Waals surface area (Å²) in [5.41, 5.74) is 3.51. The average molecular weight is 469 g/mol. The van der Waals surface area contributed by atoms with Crippen LogP contribution in [0, 0.1) is 0 Å². The van der Waals surface area contributed by atoms with Crippen LogP contribution in [0.2, 0.25) is 0 Å². The van der Waals surface area contributed by atoms with Crippen LogP contribution >= 0.6 is 11.8 Å². The Morgan fingerprint density at radius 3 is 2.15 bits per heavy atom. The maximum Gasteiger partial charge on any atom is 0.230 e. The molecule has 0 bridgehead atoms. The van der Waals surface area contributed by atoms with Gasteiger partial charge >= 0.3 is 0 Å². The molecule has 1 fully saturated rings. The Hall–Kier alpha value is -3.38. The van der Waals surface area contributed by atoms with Crippen LogP contribution < -0.4 is 5.32 Å². The maximum absolute atomic E-state index is 13.0. The summed E-state index contributed by atoms with van der Waals surface area (Å²) in [7, 11) is 0. The number of hydrogen-bond donors (Lipinski definition) is 1. The van der Waals surface area contributed by atoms with Crippen molar-refractivity contribution in [2.24, 2.45) is 0 Å². The summed E-state index contributed by atoms with van der Waals surface area (Å²) in [5.74, 6) is 1.83. The van der Waals surface area contributed by atoms with Crippen LogP contribution in [0.15, 0.2) is 96.2 Å². The summed E-state index contributed by atoms with van der Waals surface area (Å²) in [6.07, 6.45) is 3.07. The highest BCUT2D eigenvalue weighted by molar-refractivity contribution is 7.99. The van der Waals surface area contributed by atoms with Gasteiger partial charge in [-0.1, -0.05) is 103 Å². The van der Waals surface area contributed by atoms with Crippen LogP contribution in [-0.2, 0) is 17.8 Å². The Kier molecular flexibility index (Phi) is 7.05. The molecule has 1 atom stereocenters. The highest BCUT2D eigenvalue weighted by atomic mass is 32.2. The first kappa shape index (κ1) is 22.4. The highest BCUT2D eigenvalue weighted by Crippen LogP contribution is 2.40. The molecule has 0 spiro atoms. The van der Waals surface area contributed by atoms with Gasteiger partial charge in [-0.15, -0.1) is 10.2 Å². The van der Waals surface area contributed by atoms with Gasteiger partial charge in [0, 0.05) is 5.92 Å². The molecule has 1 amide bonds. The number of nitrogens with one attached hydrogen (secondary N) is 1. The van der Waals surface area contributed by atoms with Crippen molar-refractivity contribution in [2.45, 2.75) is 42.9 Å². The number of aromatic nitrogens is 3. The molecule has 3 aromatic carbocycles. The van der Waals surface area contributed by atoms with Crippen molar-refractivity contribution in [1.29, 1.82) is 0 Å². The van der Waals surface area contributed by atoms with Crippen molar-refractivity contribution >= 4 is 17.7 Å². The largest absolute Gasteiger partial charge is 0.348 e. The lowest BCUT2D eigenvalue weighted by Crippen LogP contribution is -2.31. The standard InChI is InChI=1S/C28H28N4OS/c33-26(29-25(23-14-8-3-9-15-23)18-21-10-4-1-5-11-21)20-34-28-31-30-27(24-16-17-24)32(28)19-22-12-6-2-7-13-22/h1-15,24-25H,16-20H2,(H,29,33). The second kappa shape index (κ2) is 10.7. The third-order valence-corrected chi connectivity index (χ3v) is 6.99. The van der Waals surface area contributed by atoms with Crippen LogP contribution in [0.3, 0.4) is 0 Å². The normalized spacial score (nSPS) is 14.0. The van der Waals surface area contributed by atoms with E-state index < -0.39 is 0 Å². The van der Waals surface area contributed by atoms with Crippen LogP contribution in [0.5, 0.6) is 0 Å². The van der Waals surface area contributed by atoms with Crippen LogP contribution in [0.1, 0.15) is 47.3 Å². The minimum Gasteiger partial charge on any atom is -0.348 e. The third kappa shape index (κ3) is 5.75. The lowest BCUT2D eigenvalue weighted by atomic mass is 9.99. The van der Waals surface area contributed by atoms with E-state index in [2.05, 4.69) is 56.5 Å². The molecule has 34 heavy (non-hydrogen) atoms. The van der Waals surface area contributed by atoms with Gasteiger partial charge in [0.15, 0.2) is 5.16 Å². The van der Waals surface area contributed by atoms with Crippen LogP contribution in [0.4, 0.5) is 0 Å². The zero-order valence-electron chi connectivity index (χ0n) is 19.0. The molecule has 5 rings (SSSR count). The zero-order chi connectivity index (χ0) is 23.2. The van der Waals surface area contributed by atoms with E-state index in [0.29, 0.717) is 11.7 Å². The fourth-order valence-electron chi connectivity index (χ4n) is 4.12. The second-order valence-electron chi connectivity index (χ2n) is 8.70. The van der Waals surface area contributed by atoms with Crippen LogP contribution in [-0.4, -0.2) is 26.4 Å². The van der Waals surface area contributed by atoms with E-state index in [-0.39, 0.29) is 11.9 Å². The molecular weight excluding hydrogens is 440 g/mol. The van der Waals surface area contributed by atoms with Gasteiger partial charge in [-0.05, 0) is 36.0 Å². The molecule has 4 aromatic rings. The molecule has 1 unspecified atom stereocenters. The van der Waals surface area contributed by atoms with Gasteiger partial charge in [-0.2, -0.15) is 0 Å². The Morgan fingerprint density at radius 2 is 1.50 bits per heavy atom.